The molecule has 1 unspecified atom stereocenters. The molecule has 0 saturated carbocycles. The van der Waals surface area contributed by atoms with Crippen LogP contribution in [0.3, 0.4) is 0 Å². The van der Waals surface area contributed by atoms with Gasteiger partial charge in [-0.2, -0.15) is 0 Å². The van der Waals surface area contributed by atoms with Crippen LogP contribution in [0.5, 0.6) is 0 Å². The maximum atomic E-state index is 3.55. The monoisotopic (exact) mass is 254 g/mol. The number of hydrogen-bond acceptors (Lipinski definition) is 2. The number of benzene rings is 1. The molecule has 0 spiro atoms. The van der Waals surface area contributed by atoms with E-state index in [1.54, 1.807) is 0 Å². The van der Waals surface area contributed by atoms with Gasteiger partial charge in [0.25, 0.3) is 0 Å². The molecule has 1 saturated heterocycles. The van der Waals surface area contributed by atoms with Gasteiger partial charge in [-0.1, -0.05) is 19.1 Å². The number of anilines is 1. The van der Waals surface area contributed by atoms with Crippen molar-refractivity contribution in [3.63, 3.8) is 0 Å². The molecule has 0 amide bonds. The van der Waals surface area contributed by atoms with Crippen LogP contribution in [0.1, 0.15) is 25.3 Å². The average molecular weight is 255 g/mol. The molecule has 3 heteroatoms. The summed E-state index contributed by atoms with van der Waals surface area (Å²) in [6, 6.07) is 8.75. The summed E-state index contributed by atoms with van der Waals surface area (Å²) in [5.74, 6) is 0.791. The largest absolute Gasteiger partial charge is 0.385 e. The molecule has 2 nitrogen and oxygen atoms in total. The van der Waals surface area contributed by atoms with Gasteiger partial charge < -0.3 is 10.6 Å². The first kappa shape index (κ1) is 14.3. The number of aryl methyl sites for hydroxylation is 1. The van der Waals surface area contributed by atoms with Gasteiger partial charge in [-0.3, -0.25) is 0 Å². The number of piperidine rings is 1. The maximum Gasteiger partial charge on any atom is 0.0343 e. The van der Waals surface area contributed by atoms with Crippen molar-refractivity contribution in [2.24, 2.45) is 5.92 Å². The maximum absolute atomic E-state index is 3.55. The van der Waals surface area contributed by atoms with E-state index >= 15 is 0 Å². The van der Waals surface area contributed by atoms with Crippen LogP contribution in [0, 0.1) is 5.92 Å². The molecular weight excluding hydrogens is 232 g/mol. The first-order chi connectivity index (χ1) is 7.88. The van der Waals surface area contributed by atoms with Crippen LogP contribution in [0.2, 0.25) is 0 Å². The summed E-state index contributed by atoms with van der Waals surface area (Å²) in [5.41, 5.74) is 2.68. The normalized spacial score (nSPS) is 19.5. The van der Waals surface area contributed by atoms with E-state index in [9.17, 15) is 0 Å². The van der Waals surface area contributed by atoms with Gasteiger partial charge in [0.05, 0.1) is 0 Å². The molecule has 17 heavy (non-hydrogen) atoms. The third-order valence-corrected chi connectivity index (χ3v) is 3.33. The summed E-state index contributed by atoms with van der Waals surface area (Å²) >= 11 is 0. The fraction of sp³-hybridized carbons (Fsp3) is 0.571. The van der Waals surface area contributed by atoms with Gasteiger partial charge in [-0.25, -0.2) is 0 Å². The highest BCUT2D eigenvalue weighted by atomic mass is 35.5. The molecule has 0 aromatic heterocycles. The molecule has 1 heterocycles. The van der Waals surface area contributed by atoms with E-state index in [0.29, 0.717) is 0 Å². The Balaban J connectivity index is 0.00000144. The van der Waals surface area contributed by atoms with Crippen LogP contribution in [0.15, 0.2) is 24.3 Å². The topological polar surface area (TPSA) is 24.1 Å². The van der Waals surface area contributed by atoms with Crippen LogP contribution in [0.4, 0.5) is 5.69 Å². The summed E-state index contributed by atoms with van der Waals surface area (Å²) in [6.07, 6.45) is 3.79. The standard InChI is InChI=1S/C14H22N2.ClH/c1-2-12-5-3-7-14(9-12)16-11-13-6-4-8-15-10-13;/h3,5,7,9,13,15-16H,2,4,6,8,10-11H2,1H3;1H. The SMILES string of the molecule is CCc1cccc(NCC2CCCNC2)c1.Cl. The summed E-state index contributed by atoms with van der Waals surface area (Å²) in [4.78, 5) is 0. The van der Waals surface area contributed by atoms with E-state index in [-0.39, 0.29) is 12.4 Å². The van der Waals surface area contributed by atoms with E-state index in [4.69, 9.17) is 0 Å². The van der Waals surface area contributed by atoms with Gasteiger partial charge in [0.2, 0.25) is 0 Å². The predicted molar refractivity (Wildman–Crippen MR) is 77.2 cm³/mol. The lowest BCUT2D eigenvalue weighted by Gasteiger charge is -2.23. The van der Waals surface area contributed by atoms with Crippen molar-refractivity contribution >= 4 is 18.1 Å². The summed E-state index contributed by atoms with van der Waals surface area (Å²) in [7, 11) is 0. The molecule has 1 atom stereocenters. The Morgan fingerprint density at radius 1 is 1.41 bits per heavy atom. The van der Waals surface area contributed by atoms with Crippen molar-refractivity contribution in [2.45, 2.75) is 26.2 Å². The highest BCUT2D eigenvalue weighted by Gasteiger charge is 2.12. The van der Waals surface area contributed by atoms with Gasteiger partial charge in [0.1, 0.15) is 0 Å². The quantitative estimate of drug-likeness (QED) is 0.863. The number of nitrogens with one attached hydrogen (secondary N) is 2. The molecule has 1 fully saturated rings. The average Bonchev–Trinajstić information content (AvgIpc) is 2.38. The van der Waals surface area contributed by atoms with Crippen molar-refractivity contribution < 1.29 is 0 Å². The minimum atomic E-state index is 0. The zero-order chi connectivity index (χ0) is 11.2. The van der Waals surface area contributed by atoms with Crippen molar-refractivity contribution in [2.75, 3.05) is 25.0 Å². The second-order valence-electron chi connectivity index (χ2n) is 4.65. The van der Waals surface area contributed by atoms with E-state index in [1.165, 1.54) is 37.2 Å². The first-order valence-electron chi connectivity index (χ1n) is 6.42. The lowest BCUT2D eigenvalue weighted by molar-refractivity contribution is 0.393. The molecule has 0 bridgehead atoms. The number of rotatable bonds is 4. The molecule has 1 aliphatic heterocycles. The Kier molecular flexibility index (Phi) is 6.38. The second-order valence-corrected chi connectivity index (χ2v) is 4.65. The summed E-state index contributed by atoms with van der Waals surface area (Å²) in [5, 5.41) is 7.00. The van der Waals surface area contributed by atoms with E-state index < -0.39 is 0 Å². The van der Waals surface area contributed by atoms with E-state index in [2.05, 4.69) is 41.8 Å². The lowest BCUT2D eigenvalue weighted by atomic mass is 9.99. The molecule has 1 aliphatic rings. The fourth-order valence-corrected chi connectivity index (χ4v) is 2.26. The third-order valence-electron chi connectivity index (χ3n) is 3.33. The smallest absolute Gasteiger partial charge is 0.0343 e. The predicted octanol–water partition coefficient (Wildman–Crippen LogP) is 3.08. The lowest BCUT2D eigenvalue weighted by Crippen LogP contribution is -2.33. The minimum Gasteiger partial charge on any atom is -0.385 e. The third kappa shape index (κ3) is 4.57. The van der Waals surface area contributed by atoms with Crippen LogP contribution >= 0.6 is 12.4 Å². The Morgan fingerprint density at radius 2 is 2.29 bits per heavy atom. The van der Waals surface area contributed by atoms with E-state index in [0.717, 1.165) is 18.9 Å². The van der Waals surface area contributed by atoms with Crippen molar-refractivity contribution in [3.05, 3.63) is 29.8 Å². The summed E-state index contributed by atoms with van der Waals surface area (Å²) in [6.45, 7) is 5.66. The van der Waals surface area contributed by atoms with Gasteiger partial charge >= 0.3 is 0 Å². The van der Waals surface area contributed by atoms with Crippen molar-refractivity contribution in [1.29, 1.82) is 0 Å². The molecule has 2 N–H and O–H groups in total. The van der Waals surface area contributed by atoms with Crippen LogP contribution in [0.25, 0.3) is 0 Å². The Bertz CT molecular complexity index is 322. The highest BCUT2D eigenvalue weighted by Crippen LogP contribution is 2.14. The molecule has 1 aromatic rings. The molecule has 1 aromatic carbocycles. The Morgan fingerprint density at radius 3 is 3.00 bits per heavy atom. The highest BCUT2D eigenvalue weighted by molar-refractivity contribution is 5.85. The van der Waals surface area contributed by atoms with Gasteiger partial charge in [-0.05, 0) is 56.0 Å². The molecule has 0 aliphatic carbocycles. The molecular formula is C14H23ClN2. The van der Waals surface area contributed by atoms with Crippen molar-refractivity contribution in [3.8, 4) is 0 Å². The Labute approximate surface area is 111 Å². The van der Waals surface area contributed by atoms with Crippen LogP contribution in [-0.2, 0) is 6.42 Å². The van der Waals surface area contributed by atoms with E-state index in [1.807, 2.05) is 0 Å². The molecule has 0 radical (unpaired) electrons. The molecule has 2 rings (SSSR count). The van der Waals surface area contributed by atoms with Gasteiger partial charge in [0.15, 0.2) is 0 Å². The zero-order valence-electron chi connectivity index (χ0n) is 10.5. The van der Waals surface area contributed by atoms with Gasteiger partial charge in [0, 0.05) is 12.2 Å². The zero-order valence-corrected chi connectivity index (χ0v) is 11.4. The number of hydrogen-bond donors (Lipinski definition) is 2. The second kappa shape index (κ2) is 7.57. The summed E-state index contributed by atoms with van der Waals surface area (Å²) < 4.78 is 0. The van der Waals surface area contributed by atoms with Gasteiger partial charge in [-0.15, -0.1) is 12.4 Å². The fourth-order valence-electron chi connectivity index (χ4n) is 2.26. The molecule has 96 valence electrons. The Hall–Kier alpha value is -0.730. The van der Waals surface area contributed by atoms with Crippen molar-refractivity contribution in [1.82, 2.24) is 5.32 Å². The minimum absolute atomic E-state index is 0. The van der Waals surface area contributed by atoms with Crippen LogP contribution < -0.4 is 10.6 Å². The first-order valence-corrected chi connectivity index (χ1v) is 6.42. The van der Waals surface area contributed by atoms with Crippen LogP contribution in [-0.4, -0.2) is 19.6 Å². The number of halogens is 1.